The van der Waals surface area contributed by atoms with E-state index in [0.29, 0.717) is 15.6 Å². The topological polar surface area (TPSA) is 78.4 Å². The van der Waals surface area contributed by atoms with Gasteiger partial charge >= 0.3 is 5.97 Å². The SMILES string of the molecule is Cc1cc(-c2cccc(NC(C)c3ccc(Cl)c(Cl)c3)c2)cc(C)c1C(=O)NC(C)C(=O)O. The summed E-state index contributed by atoms with van der Waals surface area (Å²) < 4.78 is 0. The molecule has 3 aromatic carbocycles. The average molecular weight is 485 g/mol. The molecule has 0 aromatic heterocycles. The number of aryl methyl sites for hydroxylation is 2. The molecule has 2 atom stereocenters. The zero-order valence-electron chi connectivity index (χ0n) is 18.9. The predicted octanol–water partition coefficient (Wildman–Crippen LogP) is 6.65. The monoisotopic (exact) mass is 484 g/mol. The Hall–Kier alpha value is -3.02. The normalized spacial score (nSPS) is 12.7. The first kappa shape index (κ1) is 24.6. The summed E-state index contributed by atoms with van der Waals surface area (Å²) in [7, 11) is 0. The minimum Gasteiger partial charge on any atom is -0.480 e. The summed E-state index contributed by atoms with van der Waals surface area (Å²) in [5.74, 6) is -1.47. The van der Waals surface area contributed by atoms with Gasteiger partial charge in [0.2, 0.25) is 0 Å². The maximum atomic E-state index is 12.6. The van der Waals surface area contributed by atoms with Crippen LogP contribution < -0.4 is 10.6 Å². The number of carbonyl (C=O) groups excluding carboxylic acids is 1. The summed E-state index contributed by atoms with van der Waals surface area (Å²) in [6.45, 7) is 7.19. The van der Waals surface area contributed by atoms with Crippen molar-refractivity contribution in [3.05, 3.63) is 86.9 Å². The molecular weight excluding hydrogens is 459 g/mol. The number of amides is 1. The Balaban J connectivity index is 1.84. The second-order valence-electron chi connectivity index (χ2n) is 8.14. The molecule has 3 rings (SSSR count). The van der Waals surface area contributed by atoms with E-state index in [-0.39, 0.29) is 6.04 Å². The number of nitrogens with one attached hydrogen (secondary N) is 2. The third-order valence-electron chi connectivity index (χ3n) is 5.50. The fraction of sp³-hybridized carbons (Fsp3) is 0.231. The quantitative estimate of drug-likeness (QED) is 0.350. The van der Waals surface area contributed by atoms with Gasteiger partial charge in [-0.05, 0) is 79.8 Å². The molecule has 0 fully saturated rings. The highest BCUT2D eigenvalue weighted by Crippen LogP contribution is 2.30. The van der Waals surface area contributed by atoms with Gasteiger partial charge in [-0.1, -0.05) is 53.5 Å². The molecule has 0 saturated heterocycles. The molecule has 0 bridgehead atoms. The van der Waals surface area contributed by atoms with Gasteiger partial charge in [-0.2, -0.15) is 0 Å². The van der Waals surface area contributed by atoms with Crippen LogP contribution in [0.3, 0.4) is 0 Å². The van der Waals surface area contributed by atoms with Gasteiger partial charge in [-0.25, -0.2) is 0 Å². The molecular formula is C26H26Cl2N2O3. The maximum Gasteiger partial charge on any atom is 0.325 e. The first-order chi connectivity index (χ1) is 15.6. The molecule has 0 heterocycles. The highest BCUT2D eigenvalue weighted by molar-refractivity contribution is 6.42. The molecule has 5 nitrogen and oxygen atoms in total. The second kappa shape index (κ2) is 10.3. The fourth-order valence-corrected chi connectivity index (χ4v) is 4.03. The lowest BCUT2D eigenvalue weighted by Crippen LogP contribution is -2.38. The molecule has 3 N–H and O–H groups in total. The number of carboxylic acid groups (broad SMARTS) is 1. The van der Waals surface area contributed by atoms with Crippen LogP contribution in [0, 0.1) is 13.8 Å². The molecule has 0 saturated carbocycles. The van der Waals surface area contributed by atoms with Crippen LogP contribution in [0.1, 0.15) is 46.9 Å². The number of halogens is 2. The van der Waals surface area contributed by atoms with Gasteiger partial charge in [0.1, 0.15) is 6.04 Å². The summed E-state index contributed by atoms with van der Waals surface area (Å²) in [5.41, 5.74) is 5.99. The van der Waals surface area contributed by atoms with Crippen molar-refractivity contribution >= 4 is 40.8 Å². The zero-order valence-corrected chi connectivity index (χ0v) is 20.4. The third-order valence-corrected chi connectivity index (χ3v) is 6.24. The van der Waals surface area contributed by atoms with Gasteiger partial charge in [-0.15, -0.1) is 0 Å². The number of aliphatic carboxylic acids is 1. The number of carboxylic acids is 1. The summed E-state index contributed by atoms with van der Waals surface area (Å²) in [4.78, 5) is 23.7. The lowest BCUT2D eigenvalue weighted by molar-refractivity contribution is -0.138. The van der Waals surface area contributed by atoms with E-state index in [1.165, 1.54) is 6.92 Å². The predicted molar refractivity (Wildman–Crippen MR) is 134 cm³/mol. The van der Waals surface area contributed by atoms with E-state index < -0.39 is 17.9 Å². The van der Waals surface area contributed by atoms with Crippen molar-refractivity contribution in [1.29, 1.82) is 0 Å². The molecule has 33 heavy (non-hydrogen) atoms. The van der Waals surface area contributed by atoms with Crippen molar-refractivity contribution in [1.82, 2.24) is 5.32 Å². The molecule has 0 radical (unpaired) electrons. The van der Waals surface area contributed by atoms with E-state index >= 15 is 0 Å². The van der Waals surface area contributed by atoms with Gasteiger partial charge in [-0.3, -0.25) is 9.59 Å². The van der Waals surface area contributed by atoms with E-state index in [2.05, 4.69) is 16.7 Å². The number of hydrogen-bond acceptors (Lipinski definition) is 3. The Labute approximate surface area is 203 Å². The van der Waals surface area contributed by atoms with E-state index in [9.17, 15) is 9.59 Å². The van der Waals surface area contributed by atoms with Crippen LogP contribution in [0.4, 0.5) is 5.69 Å². The molecule has 172 valence electrons. The smallest absolute Gasteiger partial charge is 0.325 e. The Morgan fingerprint density at radius 2 is 1.55 bits per heavy atom. The molecule has 0 aliphatic carbocycles. The summed E-state index contributed by atoms with van der Waals surface area (Å²) in [6, 6.07) is 16.5. The van der Waals surface area contributed by atoms with E-state index in [0.717, 1.165) is 33.5 Å². The van der Waals surface area contributed by atoms with Crippen LogP contribution in [0.25, 0.3) is 11.1 Å². The first-order valence-electron chi connectivity index (χ1n) is 10.5. The molecule has 2 unspecified atom stereocenters. The number of anilines is 1. The van der Waals surface area contributed by atoms with Crippen molar-refractivity contribution in [3.63, 3.8) is 0 Å². The van der Waals surface area contributed by atoms with Gasteiger partial charge in [0.05, 0.1) is 10.0 Å². The minimum absolute atomic E-state index is 0.0146. The number of hydrogen-bond donors (Lipinski definition) is 3. The second-order valence-corrected chi connectivity index (χ2v) is 8.95. The largest absolute Gasteiger partial charge is 0.480 e. The lowest BCUT2D eigenvalue weighted by atomic mass is 9.94. The molecule has 1 amide bonds. The molecule has 0 spiro atoms. The number of rotatable bonds is 7. The van der Waals surface area contributed by atoms with Crippen molar-refractivity contribution in [2.24, 2.45) is 0 Å². The van der Waals surface area contributed by atoms with Crippen LogP contribution >= 0.6 is 23.2 Å². The summed E-state index contributed by atoms with van der Waals surface area (Å²) in [6.07, 6.45) is 0. The number of benzene rings is 3. The van der Waals surface area contributed by atoms with Gasteiger partial charge in [0, 0.05) is 17.3 Å². The minimum atomic E-state index is -1.07. The van der Waals surface area contributed by atoms with Crippen molar-refractivity contribution in [2.75, 3.05) is 5.32 Å². The first-order valence-corrected chi connectivity index (χ1v) is 11.3. The van der Waals surface area contributed by atoms with Crippen LogP contribution in [-0.2, 0) is 4.79 Å². The molecule has 0 aliphatic rings. The Bertz CT molecular complexity index is 1190. The third kappa shape index (κ3) is 5.86. The Morgan fingerprint density at radius 3 is 2.15 bits per heavy atom. The van der Waals surface area contributed by atoms with Gasteiger partial charge < -0.3 is 15.7 Å². The lowest BCUT2D eigenvalue weighted by Gasteiger charge is -2.18. The Morgan fingerprint density at radius 1 is 0.879 bits per heavy atom. The van der Waals surface area contributed by atoms with Crippen LogP contribution in [0.5, 0.6) is 0 Å². The molecule has 7 heteroatoms. The van der Waals surface area contributed by atoms with Crippen molar-refractivity contribution in [3.8, 4) is 11.1 Å². The van der Waals surface area contributed by atoms with E-state index in [1.54, 1.807) is 6.07 Å². The van der Waals surface area contributed by atoms with Gasteiger partial charge in [0.15, 0.2) is 0 Å². The van der Waals surface area contributed by atoms with Crippen LogP contribution in [0.15, 0.2) is 54.6 Å². The van der Waals surface area contributed by atoms with E-state index in [4.69, 9.17) is 28.3 Å². The Kier molecular flexibility index (Phi) is 7.67. The molecule has 0 aliphatic heterocycles. The zero-order chi connectivity index (χ0) is 24.3. The number of carbonyl (C=O) groups is 2. The van der Waals surface area contributed by atoms with E-state index in [1.807, 2.05) is 63.2 Å². The molecule has 3 aromatic rings. The van der Waals surface area contributed by atoms with Gasteiger partial charge in [0.25, 0.3) is 5.91 Å². The van der Waals surface area contributed by atoms with Crippen molar-refractivity contribution in [2.45, 2.75) is 39.8 Å². The maximum absolute atomic E-state index is 12.6. The highest BCUT2D eigenvalue weighted by atomic mass is 35.5. The summed E-state index contributed by atoms with van der Waals surface area (Å²) >= 11 is 12.2. The van der Waals surface area contributed by atoms with Crippen LogP contribution in [-0.4, -0.2) is 23.0 Å². The average Bonchev–Trinajstić information content (AvgIpc) is 2.75. The highest BCUT2D eigenvalue weighted by Gasteiger charge is 2.19. The van der Waals surface area contributed by atoms with Crippen molar-refractivity contribution < 1.29 is 14.7 Å². The summed E-state index contributed by atoms with van der Waals surface area (Å²) in [5, 5.41) is 16.1. The fourth-order valence-electron chi connectivity index (χ4n) is 3.72. The standard InChI is InChI=1S/C26H26Cl2N2O3/c1-14-10-20(11-15(2)24(14)25(31)30-17(4)26(32)33)19-6-5-7-21(12-19)29-16(3)18-8-9-22(27)23(28)13-18/h5-13,16-17,29H,1-4H3,(H,30,31)(H,32,33). The van der Waals surface area contributed by atoms with Crippen LogP contribution in [0.2, 0.25) is 10.0 Å².